The maximum Gasteiger partial charge on any atom is 0.326 e. The van der Waals surface area contributed by atoms with Crippen LogP contribution in [0.3, 0.4) is 0 Å². The lowest BCUT2D eigenvalue weighted by atomic mass is 10.0. The molecule has 180 valence electrons. The summed E-state index contributed by atoms with van der Waals surface area (Å²) in [5.41, 5.74) is 3.13. The van der Waals surface area contributed by atoms with Gasteiger partial charge in [-0.1, -0.05) is 12.1 Å². The molecule has 0 saturated carbocycles. The van der Waals surface area contributed by atoms with E-state index >= 15 is 0 Å². The molecule has 0 radical (unpaired) electrons. The van der Waals surface area contributed by atoms with Crippen LogP contribution < -0.4 is 10.6 Å². The molecule has 9 nitrogen and oxygen atoms in total. The Hall–Kier alpha value is -3.86. The van der Waals surface area contributed by atoms with E-state index in [1.807, 2.05) is 18.2 Å². The first-order valence-electron chi connectivity index (χ1n) is 11.1. The zero-order chi connectivity index (χ0) is 24.5. The normalized spacial score (nSPS) is 14.9. The number of hydrogen-bond acceptors (Lipinski definition) is 6. The maximum atomic E-state index is 14.1. The predicted molar refractivity (Wildman–Crippen MR) is 131 cm³/mol. The Kier molecular flexibility index (Phi) is 6.16. The Morgan fingerprint density at radius 3 is 2.51 bits per heavy atom. The number of piperazine rings is 1. The molecular formula is C24H23FN6O3S. The van der Waals surface area contributed by atoms with E-state index < -0.39 is 10.8 Å². The number of nitrogens with zero attached hydrogens (tertiary/aromatic N) is 5. The van der Waals surface area contributed by atoms with E-state index in [2.05, 4.69) is 19.9 Å². The van der Waals surface area contributed by atoms with Gasteiger partial charge in [0.2, 0.25) is 11.1 Å². The number of aromatic nitrogens is 4. The Morgan fingerprint density at radius 1 is 1.09 bits per heavy atom. The number of fused-ring (bicyclic) bond motifs is 1. The second-order valence-corrected chi connectivity index (χ2v) is 9.54. The molecule has 1 saturated heterocycles. The summed E-state index contributed by atoms with van der Waals surface area (Å²) in [6.45, 7) is 2.00. The van der Waals surface area contributed by atoms with Crippen molar-refractivity contribution in [1.29, 1.82) is 0 Å². The monoisotopic (exact) mass is 494 g/mol. The number of rotatable bonds is 5. The van der Waals surface area contributed by atoms with Crippen LogP contribution in [0.2, 0.25) is 0 Å². The van der Waals surface area contributed by atoms with E-state index in [9.17, 15) is 18.2 Å². The van der Waals surface area contributed by atoms with Crippen LogP contribution in [0.5, 0.6) is 0 Å². The van der Waals surface area contributed by atoms with Crippen molar-refractivity contribution in [3.05, 3.63) is 71.2 Å². The highest BCUT2D eigenvalue weighted by molar-refractivity contribution is 7.84. The highest BCUT2D eigenvalue weighted by atomic mass is 32.2. The molecule has 11 heteroatoms. The predicted octanol–water partition coefficient (Wildman–Crippen LogP) is 2.01. The molecule has 0 spiro atoms. The lowest BCUT2D eigenvalue weighted by Crippen LogP contribution is -2.50. The molecule has 2 aromatic heterocycles. The average molecular weight is 495 g/mol. The fourth-order valence-electron chi connectivity index (χ4n) is 4.31. The van der Waals surface area contributed by atoms with Crippen molar-refractivity contribution in [3.8, 4) is 11.1 Å². The summed E-state index contributed by atoms with van der Waals surface area (Å²) in [5.74, 6) is -0.516. The minimum absolute atomic E-state index is 0.0346. The summed E-state index contributed by atoms with van der Waals surface area (Å²) in [7, 11) is -1.31. The molecule has 5 rings (SSSR count). The van der Waals surface area contributed by atoms with Gasteiger partial charge in [0.1, 0.15) is 12.4 Å². The van der Waals surface area contributed by atoms with Gasteiger partial charge in [-0.2, -0.15) is 0 Å². The average Bonchev–Trinajstić information content (AvgIpc) is 3.19. The van der Waals surface area contributed by atoms with Crippen LogP contribution in [0.1, 0.15) is 0 Å². The van der Waals surface area contributed by atoms with Crippen LogP contribution in [0, 0.1) is 5.82 Å². The van der Waals surface area contributed by atoms with Gasteiger partial charge in [0.25, 0.3) is 0 Å². The first-order valence-corrected chi connectivity index (χ1v) is 12.6. The molecule has 0 aliphatic carbocycles. The summed E-state index contributed by atoms with van der Waals surface area (Å²) in [6.07, 6.45) is 4.58. The number of imidazole rings is 1. The number of halogens is 1. The molecule has 1 N–H and O–H groups in total. The van der Waals surface area contributed by atoms with Gasteiger partial charge in [0, 0.05) is 61.6 Å². The largest absolute Gasteiger partial charge is 0.367 e. The van der Waals surface area contributed by atoms with Gasteiger partial charge in [-0.05, 0) is 30.3 Å². The number of carbonyl (C=O) groups is 1. The number of aromatic amines is 1. The number of H-pyrrole nitrogens is 1. The van der Waals surface area contributed by atoms with Crippen molar-refractivity contribution in [2.45, 2.75) is 11.7 Å². The van der Waals surface area contributed by atoms with Gasteiger partial charge in [-0.15, -0.1) is 0 Å². The first-order chi connectivity index (χ1) is 16.9. The third-order valence-corrected chi connectivity index (χ3v) is 6.83. The fraction of sp³-hybridized carbons (Fsp3) is 0.250. The fourth-order valence-corrected chi connectivity index (χ4v) is 4.72. The third kappa shape index (κ3) is 4.59. The Balaban J connectivity index is 1.31. The van der Waals surface area contributed by atoms with Crippen molar-refractivity contribution in [2.24, 2.45) is 0 Å². The van der Waals surface area contributed by atoms with Gasteiger partial charge in [0.05, 0.1) is 21.8 Å². The lowest BCUT2D eigenvalue weighted by Gasteiger charge is -2.37. The molecule has 0 bridgehead atoms. The van der Waals surface area contributed by atoms with Crippen molar-refractivity contribution < 1.29 is 13.4 Å². The second-order valence-electron chi connectivity index (χ2n) is 8.27. The minimum Gasteiger partial charge on any atom is -0.367 e. The third-order valence-electron chi connectivity index (χ3n) is 6.10. The second kappa shape index (κ2) is 9.41. The van der Waals surface area contributed by atoms with Gasteiger partial charge >= 0.3 is 5.69 Å². The van der Waals surface area contributed by atoms with Gasteiger partial charge in [-0.25, -0.2) is 19.2 Å². The molecule has 1 aliphatic heterocycles. The molecule has 1 aliphatic rings. The van der Waals surface area contributed by atoms with Gasteiger partial charge in [-0.3, -0.25) is 13.6 Å². The van der Waals surface area contributed by atoms with E-state index in [4.69, 9.17) is 0 Å². The van der Waals surface area contributed by atoms with Crippen molar-refractivity contribution in [3.63, 3.8) is 0 Å². The van der Waals surface area contributed by atoms with Crippen LogP contribution in [0.4, 0.5) is 10.1 Å². The van der Waals surface area contributed by atoms with Crippen molar-refractivity contribution in [1.82, 2.24) is 24.4 Å². The van der Waals surface area contributed by atoms with Crippen LogP contribution in [-0.2, 0) is 22.1 Å². The first kappa shape index (κ1) is 22.9. The number of carbonyl (C=O) groups excluding carboxylic acids is 1. The minimum atomic E-state index is -1.31. The van der Waals surface area contributed by atoms with E-state index in [-0.39, 0.29) is 29.1 Å². The summed E-state index contributed by atoms with van der Waals surface area (Å²) in [6, 6.07) is 11.8. The highest BCUT2D eigenvalue weighted by Gasteiger charge is 2.24. The Bertz CT molecular complexity index is 1470. The smallest absolute Gasteiger partial charge is 0.326 e. The summed E-state index contributed by atoms with van der Waals surface area (Å²) in [5, 5.41) is 0.216. The molecule has 3 heterocycles. The SMILES string of the molecule is CS(=O)c1ncc(-c2cc(F)ccc2N2CCN(C(=O)Cn3c(=O)[nH]c4ccccc43)CC2)cn1. The highest BCUT2D eigenvalue weighted by Crippen LogP contribution is 2.32. The van der Waals surface area contributed by atoms with Crippen LogP contribution in [0.25, 0.3) is 22.2 Å². The standard InChI is InChI=1S/C24H23FN6O3S/c1-35(34)23-26-13-16(14-27-23)18-12-17(25)6-7-20(18)29-8-10-30(11-9-29)22(32)15-31-21-5-3-2-4-19(21)28-24(31)33/h2-7,12-14H,8-11,15H2,1H3,(H,28,33). The molecule has 1 amide bonds. The van der Waals surface area contributed by atoms with Gasteiger partial charge in [0.15, 0.2) is 0 Å². The van der Waals surface area contributed by atoms with E-state index in [1.54, 1.807) is 29.4 Å². The molecular weight excluding hydrogens is 471 g/mol. The Morgan fingerprint density at radius 2 is 1.80 bits per heavy atom. The molecule has 4 aromatic rings. The van der Waals surface area contributed by atoms with Crippen molar-refractivity contribution in [2.75, 3.05) is 37.3 Å². The zero-order valence-corrected chi connectivity index (χ0v) is 19.8. The lowest BCUT2D eigenvalue weighted by molar-refractivity contribution is -0.132. The molecule has 2 aromatic carbocycles. The summed E-state index contributed by atoms with van der Waals surface area (Å²) >= 11 is 0. The molecule has 1 atom stereocenters. The topological polar surface area (TPSA) is 104 Å². The van der Waals surface area contributed by atoms with Gasteiger partial charge < -0.3 is 14.8 Å². The quantitative estimate of drug-likeness (QED) is 0.426. The number of para-hydroxylation sites is 2. The molecule has 1 fully saturated rings. The van der Waals surface area contributed by atoms with Crippen LogP contribution in [-0.4, -0.2) is 67.0 Å². The van der Waals surface area contributed by atoms with E-state index in [0.29, 0.717) is 48.3 Å². The molecule has 1 unspecified atom stereocenters. The molecule has 35 heavy (non-hydrogen) atoms. The summed E-state index contributed by atoms with van der Waals surface area (Å²) in [4.78, 5) is 40.2. The number of nitrogens with one attached hydrogen (secondary N) is 1. The van der Waals surface area contributed by atoms with Crippen molar-refractivity contribution >= 4 is 33.4 Å². The van der Waals surface area contributed by atoms with E-state index in [0.717, 1.165) is 5.69 Å². The number of anilines is 1. The van der Waals surface area contributed by atoms with Crippen LogP contribution in [0.15, 0.2) is 64.8 Å². The maximum absolute atomic E-state index is 14.1. The van der Waals surface area contributed by atoms with E-state index in [1.165, 1.54) is 23.0 Å². The number of benzene rings is 2. The zero-order valence-electron chi connectivity index (χ0n) is 19.0. The number of hydrogen-bond donors (Lipinski definition) is 1. The summed E-state index contributed by atoms with van der Waals surface area (Å²) < 4.78 is 27.2. The number of amides is 1. The van der Waals surface area contributed by atoms with Crippen LogP contribution >= 0.6 is 0 Å². The Labute approximate surface area is 202 Å².